The molecule has 4 heteroatoms. The summed E-state index contributed by atoms with van der Waals surface area (Å²) in [5.74, 6) is 1.62. The zero-order chi connectivity index (χ0) is 15.5. The fraction of sp³-hybridized carbons (Fsp3) is 0.412. The van der Waals surface area contributed by atoms with Crippen molar-refractivity contribution in [1.29, 1.82) is 0 Å². The molecular formula is C17H23NO3. The monoisotopic (exact) mass is 289 g/mol. The van der Waals surface area contributed by atoms with Crippen LogP contribution in [0.3, 0.4) is 0 Å². The lowest BCUT2D eigenvalue weighted by Gasteiger charge is -2.22. The molecule has 0 amide bonds. The number of hydrogen-bond acceptors (Lipinski definition) is 4. The topological polar surface area (TPSA) is 65.6 Å². The predicted molar refractivity (Wildman–Crippen MR) is 82.8 cm³/mol. The minimum Gasteiger partial charge on any atom is -0.460 e. The van der Waals surface area contributed by atoms with Gasteiger partial charge in [-0.05, 0) is 38.5 Å². The summed E-state index contributed by atoms with van der Waals surface area (Å²) in [5.41, 5.74) is 1.54. The van der Waals surface area contributed by atoms with Gasteiger partial charge in [-0.15, -0.1) is 0 Å². The van der Waals surface area contributed by atoms with E-state index in [-0.39, 0.29) is 12.1 Å². The smallest absolute Gasteiger partial charge is 0.134 e. The van der Waals surface area contributed by atoms with E-state index in [9.17, 15) is 10.2 Å². The summed E-state index contributed by atoms with van der Waals surface area (Å²) in [4.78, 5) is 0. The van der Waals surface area contributed by atoms with E-state index < -0.39 is 6.10 Å². The maximum Gasteiger partial charge on any atom is 0.134 e. The second-order valence-corrected chi connectivity index (χ2v) is 5.96. The van der Waals surface area contributed by atoms with E-state index in [0.29, 0.717) is 6.54 Å². The Hall–Kier alpha value is -1.62. The molecular weight excluding hydrogens is 266 g/mol. The molecule has 0 aliphatic rings. The van der Waals surface area contributed by atoms with Gasteiger partial charge in [0.15, 0.2) is 0 Å². The average Bonchev–Trinajstić information content (AvgIpc) is 2.94. The number of aliphatic hydroxyl groups is 2. The fourth-order valence-electron chi connectivity index (χ4n) is 1.94. The van der Waals surface area contributed by atoms with Gasteiger partial charge in [-0.1, -0.05) is 24.3 Å². The number of hydrogen-bond donors (Lipinski definition) is 3. The number of furan rings is 1. The number of rotatable bonds is 6. The van der Waals surface area contributed by atoms with Crippen molar-refractivity contribution in [2.75, 3.05) is 6.61 Å². The van der Waals surface area contributed by atoms with Gasteiger partial charge in [-0.3, -0.25) is 0 Å². The summed E-state index contributed by atoms with van der Waals surface area (Å²) in [5, 5.41) is 22.0. The summed E-state index contributed by atoms with van der Waals surface area (Å²) in [6.45, 7) is 6.26. The van der Waals surface area contributed by atoms with E-state index in [1.165, 1.54) is 0 Å². The molecule has 0 aliphatic carbocycles. The fourth-order valence-corrected chi connectivity index (χ4v) is 1.94. The molecule has 0 aliphatic heterocycles. The highest BCUT2D eigenvalue weighted by molar-refractivity contribution is 5.58. The molecule has 0 unspecified atom stereocenters. The van der Waals surface area contributed by atoms with Gasteiger partial charge < -0.3 is 19.9 Å². The Morgan fingerprint density at radius 3 is 2.38 bits per heavy atom. The lowest BCUT2D eigenvalue weighted by molar-refractivity contribution is 0.184. The standard InChI is InChI=1S/C17H23NO3/c1-12(20)13-4-6-14(7-5-13)16-9-8-15(21-16)10-18-17(2,3)11-19/h4-9,12,18-20H,10-11H2,1-3H3/t12-/m1/s1. The summed E-state index contributed by atoms with van der Waals surface area (Å²) < 4.78 is 5.80. The van der Waals surface area contributed by atoms with Crippen molar-refractivity contribution in [1.82, 2.24) is 5.32 Å². The molecule has 2 rings (SSSR count). The van der Waals surface area contributed by atoms with Crippen molar-refractivity contribution in [3.8, 4) is 11.3 Å². The van der Waals surface area contributed by atoms with Crippen LogP contribution in [0.5, 0.6) is 0 Å². The van der Waals surface area contributed by atoms with Crippen molar-refractivity contribution in [2.45, 2.75) is 39.0 Å². The first kappa shape index (κ1) is 15.8. The third-order valence-electron chi connectivity index (χ3n) is 3.48. The predicted octanol–water partition coefficient (Wildman–Crippen LogP) is 2.86. The first-order valence-electron chi connectivity index (χ1n) is 7.14. The highest BCUT2D eigenvalue weighted by Crippen LogP contribution is 2.24. The van der Waals surface area contributed by atoms with Crippen LogP contribution in [-0.4, -0.2) is 22.4 Å². The molecule has 0 saturated heterocycles. The molecule has 4 nitrogen and oxygen atoms in total. The summed E-state index contributed by atoms with van der Waals surface area (Å²) >= 11 is 0. The van der Waals surface area contributed by atoms with E-state index in [4.69, 9.17) is 4.42 Å². The minimum absolute atomic E-state index is 0.0708. The lowest BCUT2D eigenvalue weighted by Crippen LogP contribution is -2.41. The molecule has 0 bridgehead atoms. The van der Waals surface area contributed by atoms with E-state index in [1.807, 2.05) is 50.2 Å². The minimum atomic E-state index is -0.462. The van der Waals surface area contributed by atoms with E-state index in [1.54, 1.807) is 6.92 Å². The largest absolute Gasteiger partial charge is 0.460 e. The van der Waals surface area contributed by atoms with E-state index in [2.05, 4.69) is 5.32 Å². The van der Waals surface area contributed by atoms with Crippen molar-refractivity contribution in [2.24, 2.45) is 0 Å². The van der Waals surface area contributed by atoms with Crippen LogP contribution < -0.4 is 5.32 Å². The molecule has 21 heavy (non-hydrogen) atoms. The second-order valence-electron chi connectivity index (χ2n) is 5.96. The van der Waals surface area contributed by atoms with Gasteiger partial charge >= 0.3 is 0 Å². The molecule has 2 aromatic rings. The summed E-state index contributed by atoms with van der Waals surface area (Å²) in [7, 11) is 0. The Morgan fingerprint density at radius 2 is 1.81 bits per heavy atom. The van der Waals surface area contributed by atoms with Gasteiger partial charge in [-0.25, -0.2) is 0 Å². The number of benzene rings is 1. The van der Waals surface area contributed by atoms with Gasteiger partial charge in [-0.2, -0.15) is 0 Å². The SMILES string of the molecule is C[C@@H](O)c1ccc(-c2ccc(CNC(C)(C)CO)o2)cc1. The highest BCUT2D eigenvalue weighted by atomic mass is 16.3. The summed E-state index contributed by atoms with van der Waals surface area (Å²) in [6, 6.07) is 11.5. The molecule has 114 valence electrons. The van der Waals surface area contributed by atoms with Crippen LogP contribution >= 0.6 is 0 Å². The Balaban J connectivity index is 2.05. The maximum atomic E-state index is 9.51. The van der Waals surface area contributed by atoms with Crippen LogP contribution in [0.2, 0.25) is 0 Å². The zero-order valence-electron chi connectivity index (χ0n) is 12.8. The molecule has 3 N–H and O–H groups in total. The van der Waals surface area contributed by atoms with Gasteiger partial charge in [0.05, 0.1) is 19.3 Å². The van der Waals surface area contributed by atoms with Crippen molar-refractivity contribution in [3.63, 3.8) is 0 Å². The normalized spacial score (nSPS) is 13.4. The average molecular weight is 289 g/mol. The zero-order valence-corrected chi connectivity index (χ0v) is 12.8. The van der Waals surface area contributed by atoms with Crippen LogP contribution in [-0.2, 0) is 6.54 Å². The Kier molecular flexibility index (Phi) is 4.83. The van der Waals surface area contributed by atoms with Crippen molar-refractivity contribution < 1.29 is 14.6 Å². The van der Waals surface area contributed by atoms with Crippen LogP contribution in [0.25, 0.3) is 11.3 Å². The quantitative estimate of drug-likeness (QED) is 0.765. The van der Waals surface area contributed by atoms with Crippen molar-refractivity contribution in [3.05, 3.63) is 47.7 Å². The lowest BCUT2D eigenvalue weighted by atomic mass is 10.1. The Morgan fingerprint density at radius 1 is 1.14 bits per heavy atom. The summed E-state index contributed by atoms with van der Waals surface area (Å²) in [6.07, 6.45) is -0.462. The highest BCUT2D eigenvalue weighted by Gasteiger charge is 2.16. The molecule has 1 atom stereocenters. The first-order chi connectivity index (χ1) is 9.91. The van der Waals surface area contributed by atoms with Gasteiger partial charge in [0.25, 0.3) is 0 Å². The molecule has 1 aromatic heterocycles. The van der Waals surface area contributed by atoms with Gasteiger partial charge in [0.2, 0.25) is 0 Å². The molecule has 1 heterocycles. The van der Waals surface area contributed by atoms with Crippen LogP contribution in [0, 0.1) is 0 Å². The molecule has 0 saturated carbocycles. The van der Waals surface area contributed by atoms with Gasteiger partial charge in [0, 0.05) is 11.1 Å². The van der Waals surface area contributed by atoms with Crippen LogP contribution in [0.15, 0.2) is 40.8 Å². The van der Waals surface area contributed by atoms with Crippen LogP contribution in [0.1, 0.15) is 38.2 Å². The van der Waals surface area contributed by atoms with Crippen LogP contribution in [0.4, 0.5) is 0 Å². The Labute approximate surface area is 125 Å². The molecule has 0 spiro atoms. The van der Waals surface area contributed by atoms with Crippen molar-refractivity contribution >= 4 is 0 Å². The number of nitrogens with one attached hydrogen (secondary N) is 1. The molecule has 1 aromatic carbocycles. The molecule has 0 fully saturated rings. The third kappa shape index (κ3) is 4.17. The Bertz CT molecular complexity index is 570. The third-order valence-corrected chi connectivity index (χ3v) is 3.48. The maximum absolute atomic E-state index is 9.51. The van der Waals surface area contributed by atoms with Gasteiger partial charge in [0.1, 0.15) is 11.5 Å². The second kappa shape index (κ2) is 6.43. The number of aliphatic hydroxyl groups excluding tert-OH is 2. The van der Waals surface area contributed by atoms with E-state index in [0.717, 1.165) is 22.6 Å². The molecule has 0 radical (unpaired) electrons. The first-order valence-corrected chi connectivity index (χ1v) is 7.14. The van der Waals surface area contributed by atoms with E-state index >= 15 is 0 Å².